The first kappa shape index (κ1) is 10.5. The van der Waals surface area contributed by atoms with Crippen LogP contribution >= 0.6 is 0 Å². The van der Waals surface area contributed by atoms with E-state index in [1.54, 1.807) is 0 Å². The van der Waals surface area contributed by atoms with Crippen molar-refractivity contribution in [2.45, 2.75) is 0 Å². The number of hydrogen-bond acceptors (Lipinski definition) is 5. The minimum absolute atomic E-state index is 0. The predicted octanol–water partition coefficient (Wildman–Crippen LogP) is -2.11. The molecule has 1 radical (unpaired) electrons. The van der Waals surface area contributed by atoms with Gasteiger partial charge >= 0.3 is 9.05 Å². The second kappa shape index (κ2) is 3.53. The molecule has 0 saturated carbocycles. The van der Waals surface area contributed by atoms with Crippen LogP contribution in [-0.4, -0.2) is 28.7 Å². The maximum atomic E-state index is 7.60. The van der Waals surface area contributed by atoms with Crippen LogP contribution in [0.2, 0.25) is 0 Å². The van der Waals surface area contributed by atoms with Crippen molar-refractivity contribution in [2.24, 2.45) is 0 Å². The fourth-order valence-electron chi connectivity index (χ4n) is 0. The Morgan fingerprint density at radius 2 is 1.29 bits per heavy atom. The average Bonchev–Trinajstić information content (AvgIpc) is 1.35. The van der Waals surface area contributed by atoms with Gasteiger partial charge in [-0.1, -0.05) is 0 Å². The third-order valence-corrected chi connectivity index (χ3v) is 0.367. The van der Waals surface area contributed by atoms with Crippen molar-refractivity contribution in [2.75, 3.05) is 0 Å². The molecule has 0 aromatic rings. The molecule has 0 aromatic carbocycles. The Balaban J connectivity index is 0. The minimum atomic E-state index is -4.58. The van der Waals surface area contributed by atoms with Crippen molar-refractivity contribution in [3.8, 4) is 0 Å². The van der Waals surface area contributed by atoms with E-state index >= 15 is 0 Å². The quantitative estimate of drug-likeness (QED) is 0.204. The molecule has 7 heavy (non-hydrogen) atoms. The van der Waals surface area contributed by atoms with Gasteiger partial charge in [0, 0.05) is 17.1 Å². The molecule has 0 spiro atoms. The third-order valence-electron chi connectivity index (χ3n) is 0.122. The largest absolute Gasteiger partial charge is 0.699 e. The van der Waals surface area contributed by atoms with Gasteiger partial charge in [-0.05, 0) is 0 Å². The van der Waals surface area contributed by atoms with Crippen molar-refractivity contribution in [3.63, 3.8) is 0 Å². The Labute approximate surface area is 51.1 Å². The molecule has 4 N–H and O–H groups in total. The Kier molecular flexibility index (Phi) is 5.29. The van der Waals surface area contributed by atoms with E-state index in [4.69, 9.17) is 19.6 Å². The summed E-state index contributed by atoms with van der Waals surface area (Å²) in [6, 6.07) is 0. The second-order valence-electron chi connectivity index (χ2n) is 0.665. The van der Waals surface area contributed by atoms with Crippen molar-refractivity contribution < 1.29 is 41.3 Å². The zero-order chi connectivity index (χ0) is 5.21. The Hall–Kier alpha value is 0.536. The average molecular weight is 167 g/mol. The Morgan fingerprint density at radius 1 is 1.14 bits per heavy atom. The molecule has 0 bridgehead atoms. The Morgan fingerprint density at radius 3 is 1.29 bits per heavy atom. The van der Waals surface area contributed by atoms with Crippen molar-refractivity contribution in [1.29, 1.82) is 0 Å². The molecule has 0 aromatic heterocycles. The van der Waals surface area contributed by atoms with Crippen LogP contribution in [0.4, 0.5) is 0 Å². The first-order valence-electron chi connectivity index (χ1n) is 1.06. The van der Waals surface area contributed by atoms with E-state index in [1.165, 1.54) is 0 Å². The maximum Gasteiger partial charge on any atom is 0.699 e. The van der Waals surface area contributed by atoms with E-state index in [2.05, 4.69) is 4.58 Å². The van der Waals surface area contributed by atoms with Crippen LogP contribution in [0, 0.1) is 0 Å². The number of hydrogen-bond donors (Lipinski definition) is 4. The van der Waals surface area contributed by atoms with Gasteiger partial charge in [0.2, 0.25) is 0 Å². The first-order chi connectivity index (χ1) is 2.56. The van der Waals surface area contributed by atoms with Crippen LogP contribution in [-0.2, 0) is 21.6 Å². The molecular weight excluding hydrogens is 163 g/mol. The summed E-state index contributed by atoms with van der Waals surface area (Å²) in [7, 11) is -4.58. The molecular formula is H4MnO5Si. The standard InChI is InChI=1S/Mn.H4O5Si/c;1-5-6(2,3)4/h;1-4H. The molecule has 0 rings (SSSR count). The summed E-state index contributed by atoms with van der Waals surface area (Å²) in [4.78, 5) is 22.8. The molecule has 7 heteroatoms. The van der Waals surface area contributed by atoms with Gasteiger partial charge in [-0.15, -0.1) is 0 Å². The zero-order valence-corrected chi connectivity index (χ0v) is 5.26. The monoisotopic (exact) mass is 167 g/mol. The normalized spacial score (nSPS) is 10.3. The van der Waals surface area contributed by atoms with Crippen LogP contribution in [0.5, 0.6) is 0 Å². The van der Waals surface area contributed by atoms with E-state index in [0.717, 1.165) is 0 Å². The second-order valence-corrected chi connectivity index (χ2v) is 2.00. The molecule has 0 heterocycles. The predicted molar refractivity (Wildman–Crippen MR) is 16.1 cm³/mol. The molecule has 0 aliphatic carbocycles. The first-order valence-corrected chi connectivity index (χ1v) is 2.81. The topological polar surface area (TPSA) is 90.2 Å². The SMILES string of the molecule is OO[Si](O)(O)O.[Mn]. The van der Waals surface area contributed by atoms with Crippen LogP contribution in [0.25, 0.3) is 0 Å². The van der Waals surface area contributed by atoms with Crippen molar-refractivity contribution >= 4 is 9.05 Å². The summed E-state index contributed by atoms with van der Waals surface area (Å²) < 4.78 is 2.74. The zero-order valence-electron chi connectivity index (χ0n) is 3.08. The summed E-state index contributed by atoms with van der Waals surface area (Å²) in [5.41, 5.74) is 0. The van der Waals surface area contributed by atoms with E-state index < -0.39 is 9.05 Å². The van der Waals surface area contributed by atoms with Crippen LogP contribution in [0.1, 0.15) is 0 Å². The summed E-state index contributed by atoms with van der Waals surface area (Å²) in [6.45, 7) is 0. The van der Waals surface area contributed by atoms with Gasteiger partial charge in [-0.3, -0.25) is 5.26 Å². The van der Waals surface area contributed by atoms with Gasteiger partial charge in [-0.25, -0.2) is 0 Å². The molecule has 0 aliphatic rings. The molecule has 0 fully saturated rings. The molecule has 45 valence electrons. The molecule has 0 unspecified atom stereocenters. The number of rotatable bonds is 1. The van der Waals surface area contributed by atoms with Crippen LogP contribution in [0.3, 0.4) is 0 Å². The van der Waals surface area contributed by atoms with Gasteiger partial charge in [0.05, 0.1) is 0 Å². The summed E-state index contributed by atoms with van der Waals surface area (Å²) in [5.74, 6) is 0. The van der Waals surface area contributed by atoms with E-state index in [9.17, 15) is 0 Å². The van der Waals surface area contributed by atoms with E-state index in [1.807, 2.05) is 0 Å². The van der Waals surface area contributed by atoms with Gasteiger partial charge in [0.15, 0.2) is 0 Å². The molecule has 0 atom stereocenters. The summed E-state index contributed by atoms with van der Waals surface area (Å²) in [6.07, 6.45) is 0. The van der Waals surface area contributed by atoms with Crippen LogP contribution < -0.4 is 0 Å². The van der Waals surface area contributed by atoms with Crippen LogP contribution in [0.15, 0.2) is 0 Å². The van der Waals surface area contributed by atoms with E-state index in [-0.39, 0.29) is 17.1 Å². The molecule has 0 amide bonds. The van der Waals surface area contributed by atoms with Crippen molar-refractivity contribution in [1.82, 2.24) is 0 Å². The fraction of sp³-hybridized carbons (Fsp3) is 0. The molecule has 0 saturated heterocycles. The molecule has 5 nitrogen and oxygen atoms in total. The molecule has 0 aliphatic heterocycles. The van der Waals surface area contributed by atoms with E-state index in [0.29, 0.717) is 0 Å². The van der Waals surface area contributed by atoms with Gasteiger partial charge in [0.1, 0.15) is 0 Å². The summed E-state index contributed by atoms with van der Waals surface area (Å²) in [5, 5.41) is 7.21. The van der Waals surface area contributed by atoms with Gasteiger partial charge in [0.25, 0.3) is 0 Å². The summed E-state index contributed by atoms with van der Waals surface area (Å²) >= 11 is 0. The third kappa shape index (κ3) is 10.8. The smallest absolute Gasteiger partial charge is 0.366 e. The minimum Gasteiger partial charge on any atom is -0.366 e. The maximum absolute atomic E-state index is 7.60. The van der Waals surface area contributed by atoms with Crippen molar-refractivity contribution in [3.05, 3.63) is 0 Å². The van der Waals surface area contributed by atoms with Gasteiger partial charge in [-0.2, -0.15) is 4.58 Å². The van der Waals surface area contributed by atoms with Gasteiger partial charge < -0.3 is 14.4 Å². The Bertz CT molecular complexity index is 37.8. The fourth-order valence-corrected chi connectivity index (χ4v) is 0.